The second-order valence-electron chi connectivity index (χ2n) is 11.4. The molecule has 2 heterocycles. The van der Waals surface area contributed by atoms with E-state index in [1.54, 1.807) is 6.92 Å². The first kappa shape index (κ1) is 31.0. The topological polar surface area (TPSA) is 164 Å². The minimum atomic E-state index is -2.20. The first-order chi connectivity index (χ1) is 19.1. The normalized spacial score (nSPS) is 41.4. The zero-order chi connectivity index (χ0) is 30.5. The van der Waals surface area contributed by atoms with Gasteiger partial charge in [0.05, 0.1) is 28.9 Å². The molecule has 4 aliphatic rings. The molecule has 3 fully saturated rings. The predicted octanol–water partition coefficient (Wildman–Crippen LogP) is 1.54. The van der Waals surface area contributed by atoms with Crippen LogP contribution in [0.4, 0.5) is 0 Å². The van der Waals surface area contributed by atoms with Crippen LogP contribution in [0.3, 0.4) is 0 Å². The van der Waals surface area contributed by atoms with Crippen molar-refractivity contribution in [3.8, 4) is 0 Å². The molecule has 2 saturated heterocycles. The summed E-state index contributed by atoms with van der Waals surface area (Å²) in [4.78, 5) is 62.1. The number of esters is 5. The molecular weight excluding hydrogens is 564 g/mol. The van der Waals surface area contributed by atoms with Crippen LogP contribution >= 0.6 is 11.6 Å². The zero-order valence-electron chi connectivity index (χ0n) is 23.5. The molecule has 0 aromatic rings. The lowest BCUT2D eigenvalue weighted by molar-refractivity contribution is -0.239. The van der Waals surface area contributed by atoms with E-state index < -0.39 is 94.7 Å². The van der Waals surface area contributed by atoms with Crippen LogP contribution in [0.15, 0.2) is 24.3 Å². The van der Waals surface area contributed by atoms with Gasteiger partial charge in [0.1, 0.15) is 18.3 Å². The highest BCUT2D eigenvalue weighted by Crippen LogP contribution is 2.62. The standard InChI is InChI=1S/C28H35ClO12/c1-13-7-8-18(40-20(33)11-36-15(3)30)26(6)19(38-16(4)31)9-10-27(12-37-27)22(26)24(39-17(5)32)28(35)14(2)25(34)41-23(28)21(13)29/h7-8,14,18-19,21-24,35H,1,9-12H2,2-6H3. The summed E-state index contributed by atoms with van der Waals surface area (Å²) < 4.78 is 33.9. The molecule has 0 aromatic carbocycles. The van der Waals surface area contributed by atoms with Gasteiger partial charge in [0.25, 0.3) is 0 Å². The van der Waals surface area contributed by atoms with E-state index in [4.69, 9.17) is 40.0 Å². The summed E-state index contributed by atoms with van der Waals surface area (Å²) in [7, 11) is 0. The highest BCUT2D eigenvalue weighted by molar-refractivity contribution is 6.23. The van der Waals surface area contributed by atoms with Crippen molar-refractivity contribution in [1.82, 2.24) is 0 Å². The quantitative estimate of drug-likeness (QED) is 0.210. The summed E-state index contributed by atoms with van der Waals surface area (Å²) in [5.74, 6) is -6.00. The smallest absolute Gasteiger partial charge is 0.344 e. The van der Waals surface area contributed by atoms with E-state index in [0.29, 0.717) is 6.42 Å². The number of carbonyl (C=O) groups excluding carboxylic acids is 5. The molecule has 41 heavy (non-hydrogen) atoms. The molecule has 13 heteroatoms. The Labute approximate surface area is 242 Å². The van der Waals surface area contributed by atoms with Gasteiger partial charge < -0.3 is 33.5 Å². The predicted molar refractivity (Wildman–Crippen MR) is 139 cm³/mol. The van der Waals surface area contributed by atoms with Crippen LogP contribution in [0.5, 0.6) is 0 Å². The van der Waals surface area contributed by atoms with Crippen LogP contribution in [0.2, 0.25) is 0 Å². The fourth-order valence-corrected chi connectivity index (χ4v) is 6.97. The lowest BCUT2D eigenvalue weighted by Crippen LogP contribution is -2.70. The molecule has 0 bridgehead atoms. The molecule has 10 unspecified atom stereocenters. The van der Waals surface area contributed by atoms with Gasteiger partial charge in [0, 0.05) is 26.7 Å². The monoisotopic (exact) mass is 598 g/mol. The van der Waals surface area contributed by atoms with Crippen molar-refractivity contribution in [2.24, 2.45) is 17.3 Å². The molecule has 4 rings (SSSR count). The van der Waals surface area contributed by atoms with E-state index in [9.17, 15) is 29.1 Å². The maximum absolute atomic E-state index is 12.9. The van der Waals surface area contributed by atoms with Crippen LogP contribution in [0.1, 0.15) is 47.5 Å². The van der Waals surface area contributed by atoms with Crippen LogP contribution < -0.4 is 0 Å². The van der Waals surface area contributed by atoms with Crippen molar-refractivity contribution in [1.29, 1.82) is 0 Å². The summed E-state index contributed by atoms with van der Waals surface area (Å²) in [5, 5.41) is 11.3. The van der Waals surface area contributed by atoms with Crippen molar-refractivity contribution >= 4 is 41.4 Å². The van der Waals surface area contributed by atoms with Crippen LogP contribution in [-0.2, 0) is 52.4 Å². The summed E-state index contributed by atoms with van der Waals surface area (Å²) in [6.45, 7) is 10.1. The summed E-state index contributed by atoms with van der Waals surface area (Å²) in [6, 6.07) is 0. The molecule has 0 amide bonds. The van der Waals surface area contributed by atoms with Gasteiger partial charge in [-0.2, -0.15) is 0 Å². The first-order valence-electron chi connectivity index (χ1n) is 13.3. The summed E-state index contributed by atoms with van der Waals surface area (Å²) >= 11 is 6.73. The maximum Gasteiger partial charge on any atom is 0.344 e. The second kappa shape index (κ2) is 11.0. The Hall–Kier alpha value is -2.96. The Bertz CT molecular complexity index is 1180. The summed E-state index contributed by atoms with van der Waals surface area (Å²) in [6.07, 6.45) is -1.49. The molecule has 0 aromatic heterocycles. The van der Waals surface area contributed by atoms with E-state index in [1.165, 1.54) is 26.0 Å². The van der Waals surface area contributed by atoms with Crippen LogP contribution in [0.25, 0.3) is 0 Å². The van der Waals surface area contributed by atoms with E-state index >= 15 is 0 Å². The van der Waals surface area contributed by atoms with Gasteiger partial charge in [-0.05, 0) is 31.4 Å². The SMILES string of the molecule is C=C1C=CC(OC(=O)COC(C)=O)C2(C)C(OC(C)=O)CCC3(CO3)C2C(OC(C)=O)C2(O)C(C)C(=O)OC2C1Cl. The van der Waals surface area contributed by atoms with Crippen LogP contribution in [-0.4, -0.2) is 89.2 Å². The molecule has 10 atom stereocenters. The highest BCUT2D eigenvalue weighted by atomic mass is 35.5. The van der Waals surface area contributed by atoms with E-state index in [-0.39, 0.29) is 18.6 Å². The van der Waals surface area contributed by atoms with Crippen molar-refractivity contribution in [2.45, 2.75) is 88.5 Å². The van der Waals surface area contributed by atoms with Gasteiger partial charge in [-0.1, -0.05) is 19.6 Å². The highest BCUT2D eigenvalue weighted by Gasteiger charge is 2.75. The number of hydrogen-bond donors (Lipinski definition) is 1. The van der Waals surface area contributed by atoms with Gasteiger partial charge in [-0.25, -0.2) is 4.79 Å². The Morgan fingerprint density at radius 3 is 2.32 bits per heavy atom. The van der Waals surface area contributed by atoms with Gasteiger partial charge in [0.15, 0.2) is 18.3 Å². The third-order valence-corrected chi connectivity index (χ3v) is 9.26. The largest absolute Gasteiger partial charge is 0.462 e. The van der Waals surface area contributed by atoms with Gasteiger partial charge in [-0.15, -0.1) is 11.6 Å². The Balaban J connectivity index is 1.98. The van der Waals surface area contributed by atoms with Crippen molar-refractivity contribution in [3.63, 3.8) is 0 Å². The fraction of sp³-hybridized carbons (Fsp3) is 0.679. The van der Waals surface area contributed by atoms with Gasteiger partial charge in [0.2, 0.25) is 0 Å². The molecule has 2 aliphatic heterocycles. The Kier molecular flexibility index (Phi) is 8.34. The fourth-order valence-electron chi connectivity index (χ4n) is 6.65. The average Bonchev–Trinajstić information content (AvgIpc) is 3.62. The molecule has 1 N–H and O–H groups in total. The van der Waals surface area contributed by atoms with Crippen molar-refractivity contribution < 1.29 is 57.5 Å². The molecular formula is C28H35ClO12. The number of rotatable bonds is 5. The first-order valence-corrected chi connectivity index (χ1v) is 13.8. The Morgan fingerprint density at radius 1 is 1.12 bits per heavy atom. The van der Waals surface area contributed by atoms with Crippen molar-refractivity contribution in [2.75, 3.05) is 13.2 Å². The lowest BCUT2D eigenvalue weighted by Gasteiger charge is -2.56. The third kappa shape index (κ3) is 5.37. The molecule has 12 nitrogen and oxygen atoms in total. The Morgan fingerprint density at radius 2 is 1.76 bits per heavy atom. The van der Waals surface area contributed by atoms with Gasteiger partial charge in [-0.3, -0.25) is 19.2 Å². The van der Waals surface area contributed by atoms with Crippen LogP contribution in [0, 0.1) is 17.3 Å². The number of allylic oxidation sites excluding steroid dienone is 1. The molecule has 2 aliphatic carbocycles. The van der Waals surface area contributed by atoms with Crippen molar-refractivity contribution in [3.05, 3.63) is 24.3 Å². The number of fused-ring (bicyclic) bond motifs is 3. The third-order valence-electron chi connectivity index (χ3n) is 8.75. The number of aliphatic hydroxyl groups is 1. The van der Waals surface area contributed by atoms with E-state index in [0.717, 1.165) is 13.8 Å². The lowest BCUT2D eigenvalue weighted by atomic mass is 9.53. The number of alkyl halides is 1. The molecule has 1 saturated carbocycles. The molecule has 0 radical (unpaired) electrons. The number of hydrogen-bond acceptors (Lipinski definition) is 12. The minimum Gasteiger partial charge on any atom is -0.462 e. The zero-order valence-corrected chi connectivity index (χ0v) is 24.3. The molecule has 1 spiro atoms. The average molecular weight is 599 g/mol. The van der Waals surface area contributed by atoms with E-state index in [1.807, 2.05) is 0 Å². The number of halogens is 1. The van der Waals surface area contributed by atoms with E-state index in [2.05, 4.69) is 6.58 Å². The maximum atomic E-state index is 12.9. The summed E-state index contributed by atoms with van der Waals surface area (Å²) in [5.41, 5.74) is -4.45. The second-order valence-corrected chi connectivity index (χ2v) is 11.8. The number of carbonyl (C=O) groups is 5. The number of ether oxygens (including phenoxy) is 6. The number of epoxide rings is 1. The molecule has 226 valence electrons. The minimum absolute atomic E-state index is 0.191. The van der Waals surface area contributed by atoms with Gasteiger partial charge >= 0.3 is 29.8 Å².